The van der Waals surface area contributed by atoms with E-state index in [2.05, 4.69) is 50.1 Å². The van der Waals surface area contributed by atoms with Crippen molar-refractivity contribution in [3.05, 3.63) is 129 Å². The monoisotopic (exact) mass is 726 g/mol. The lowest BCUT2D eigenvalue weighted by Crippen LogP contribution is -2.68. The number of β-lactam (4-membered cyclic amide) rings is 1. The molecule has 0 aliphatic carbocycles. The second-order valence-electron chi connectivity index (χ2n) is 13.8. The third-order valence-corrected chi connectivity index (χ3v) is 11.3. The van der Waals surface area contributed by atoms with Gasteiger partial charge in [-0.1, -0.05) is 120 Å². The lowest BCUT2D eigenvalue weighted by molar-refractivity contribution is -0.167. The van der Waals surface area contributed by atoms with Gasteiger partial charge in [0, 0.05) is 34.8 Å². The van der Waals surface area contributed by atoms with Crippen LogP contribution in [0.2, 0.25) is 25.7 Å². The molecule has 0 spiro atoms. The van der Waals surface area contributed by atoms with Gasteiger partial charge < -0.3 is 20.7 Å². The smallest absolute Gasteiger partial charge is 0.340 e. The molecule has 0 aromatic heterocycles. The molecule has 1 fully saturated rings. The number of amides is 2. The van der Waals surface area contributed by atoms with E-state index in [4.69, 9.17) is 20.1 Å². The first kappa shape index (κ1) is 37.2. The molecule has 0 saturated carbocycles. The minimum Gasteiger partial charge on any atom is -0.464 e. The largest absolute Gasteiger partial charge is 0.464 e. The molecule has 2 aliphatic heterocycles. The Bertz CT molecular complexity index is 1800. The van der Waals surface area contributed by atoms with Crippen molar-refractivity contribution < 1.29 is 24.0 Å². The first-order chi connectivity index (χ1) is 24.3. The quantitative estimate of drug-likeness (QED) is 0.0276. The highest BCUT2D eigenvalue weighted by Gasteiger charge is 2.41. The maximum absolute atomic E-state index is 13.2. The lowest BCUT2D eigenvalue weighted by atomic mass is 9.77. The van der Waals surface area contributed by atoms with Crippen molar-refractivity contribution in [1.29, 1.82) is 0 Å². The Hall–Kier alpha value is -5.08. The fourth-order valence-corrected chi connectivity index (χ4v) is 7.45. The second kappa shape index (κ2) is 15.9. The van der Waals surface area contributed by atoms with Crippen LogP contribution >= 0.6 is 0 Å². The average molecular weight is 727 g/mol. The topological polar surface area (TPSA) is 179 Å². The zero-order chi connectivity index (χ0) is 36.6. The molecule has 13 nitrogen and oxygen atoms in total. The highest BCUT2D eigenvalue weighted by atomic mass is 32.2. The van der Waals surface area contributed by atoms with Crippen molar-refractivity contribution in [2.75, 3.05) is 6.61 Å². The van der Waals surface area contributed by atoms with Gasteiger partial charge in [-0.3, -0.25) is 9.59 Å². The van der Waals surface area contributed by atoms with Gasteiger partial charge in [0.1, 0.15) is 17.7 Å². The number of amidine groups is 1. The summed E-state index contributed by atoms with van der Waals surface area (Å²) in [6, 6.07) is 29.4. The number of rotatable bonds is 14. The Kier molecular flexibility index (Phi) is 11.6. The summed E-state index contributed by atoms with van der Waals surface area (Å²) in [4.78, 5) is 52.5. The van der Waals surface area contributed by atoms with Gasteiger partial charge in [0.05, 0.1) is 13.0 Å². The van der Waals surface area contributed by atoms with E-state index in [0.717, 1.165) is 22.7 Å². The molecule has 3 N–H and O–H groups in total. The van der Waals surface area contributed by atoms with E-state index < -0.39 is 59.9 Å². The summed E-state index contributed by atoms with van der Waals surface area (Å²) in [7, 11) is -2.66. The highest BCUT2D eigenvalue weighted by molar-refractivity contribution is 8.05. The van der Waals surface area contributed by atoms with Crippen LogP contribution in [0.15, 0.2) is 117 Å². The molecular weight excluding hydrogens is 685 g/mol. The van der Waals surface area contributed by atoms with Gasteiger partial charge in [0.25, 0.3) is 0 Å². The predicted molar refractivity (Wildman–Crippen MR) is 200 cm³/mol. The number of aliphatic imine (C=N–C) groups is 1. The Labute approximate surface area is 300 Å². The van der Waals surface area contributed by atoms with Gasteiger partial charge in [-0.2, -0.15) is 0 Å². The number of ether oxygens (including phenoxy) is 1. The summed E-state index contributed by atoms with van der Waals surface area (Å²) in [6.45, 7) is 10.1. The van der Waals surface area contributed by atoms with Crippen LogP contribution in [0.4, 0.5) is 0 Å². The Morgan fingerprint density at radius 3 is 1.98 bits per heavy atom. The molecule has 2 heterocycles. The fraction of sp³-hybridized carbons (Fsp3) is 0.333. The zero-order valence-electron chi connectivity index (χ0n) is 29.2. The number of hydrogen-bond donors (Lipinski definition) is 3. The molecule has 266 valence electrons. The fourth-order valence-electron chi connectivity index (χ4n) is 5.36. The van der Waals surface area contributed by atoms with E-state index in [0.29, 0.717) is 17.5 Å². The number of benzene rings is 3. The van der Waals surface area contributed by atoms with Crippen LogP contribution in [0.3, 0.4) is 0 Å². The van der Waals surface area contributed by atoms with Crippen LogP contribution in [0.25, 0.3) is 10.4 Å². The normalized spacial score (nSPS) is 19.6. The second-order valence-corrected chi connectivity index (χ2v) is 20.8. The first-order valence-corrected chi connectivity index (χ1v) is 21.5. The van der Waals surface area contributed by atoms with Gasteiger partial charge >= 0.3 is 5.97 Å². The molecule has 0 bridgehead atoms. The molecule has 15 heteroatoms. The third kappa shape index (κ3) is 8.99. The number of nitrogens with one attached hydrogen (secondary N) is 3. The van der Waals surface area contributed by atoms with Crippen molar-refractivity contribution in [3.8, 4) is 0 Å². The summed E-state index contributed by atoms with van der Waals surface area (Å²) >= 11 is 0. The van der Waals surface area contributed by atoms with Gasteiger partial charge in [-0.15, -0.1) is 0 Å². The maximum atomic E-state index is 13.2. The first-order valence-electron chi connectivity index (χ1n) is 16.5. The summed E-state index contributed by atoms with van der Waals surface area (Å²) in [5, 5.41) is 14.0. The minimum absolute atomic E-state index is 0.165. The molecule has 3 atom stereocenters. The van der Waals surface area contributed by atoms with Crippen LogP contribution in [0, 0.1) is 0 Å². The van der Waals surface area contributed by atoms with Crippen LogP contribution in [-0.2, 0) is 40.2 Å². The predicted octanol–water partition coefficient (Wildman–Crippen LogP) is 5.81. The van der Waals surface area contributed by atoms with Gasteiger partial charge in [-0.25, -0.2) is 14.6 Å². The number of esters is 1. The molecule has 0 radical (unpaired) electrons. The summed E-state index contributed by atoms with van der Waals surface area (Å²) in [6.07, 6.45) is -1.04. The van der Waals surface area contributed by atoms with Crippen LogP contribution in [-0.4, -0.2) is 55.4 Å². The SMILES string of the molecule is CC(C)(ON=S1C=C(CC(=O)N[C@@H]2C(=O)N[C@@H]2N=[N+]=[N-])NC1=NC(c1ccccc1)(c1ccccc1)c1ccccc1)C(=O)OCC[Si](C)(C)C. The highest BCUT2D eigenvalue weighted by Crippen LogP contribution is 2.41. The maximum Gasteiger partial charge on any atom is 0.340 e. The molecule has 1 saturated heterocycles. The van der Waals surface area contributed by atoms with Gasteiger partial charge in [0.15, 0.2) is 10.8 Å². The van der Waals surface area contributed by atoms with E-state index in [1.807, 2.05) is 91.0 Å². The van der Waals surface area contributed by atoms with Crippen molar-refractivity contribution >= 4 is 41.7 Å². The Morgan fingerprint density at radius 1 is 0.941 bits per heavy atom. The number of carbonyl (C=O) groups excluding carboxylic acids is 3. The number of nitrogens with zero attached hydrogens (tertiary/aromatic N) is 5. The van der Waals surface area contributed by atoms with Gasteiger partial charge in [0.2, 0.25) is 11.8 Å². The third-order valence-electron chi connectivity index (χ3n) is 8.22. The van der Waals surface area contributed by atoms with Crippen LogP contribution in [0.1, 0.15) is 37.0 Å². The molecule has 2 amide bonds. The summed E-state index contributed by atoms with van der Waals surface area (Å²) in [5.74, 6) is -1.47. The molecular formula is C36H42N8O5SSi. The van der Waals surface area contributed by atoms with E-state index in [1.165, 1.54) is 0 Å². The summed E-state index contributed by atoms with van der Waals surface area (Å²) in [5.41, 5.74) is 9.45. The molecule has 1 unspecified atom stereocenters. The standard InChI is InChI=1S/C36H42N8O5SSi/c1-35(2,33(47)48-21-22-51(3,4)5)49-44-50-24-28(23-29(45)39-30-31(42-43-37)40-32(30)46)38-34(50)41-36(25-15-9-6-10-16-25,26-17-11-7-12-18-26)27-19-13-8-14-20-27/h6-20,24,30-31H,21-23H2,1-5H3,(H,38,41)(H,39,45)(H,40,46)/t30-,31+,50?/m0/s1. The average Bonchev–Trinajstić information content (AvgIpc) is 3.49. The van der Waals surface area contributed by atoms with Crippen LogP contribution < -0.4 is 16.0 Å². The molecule has 51 heavy (non-hydrogen) atoms. The van der Waals surface area contributed by atoms with Crippen LogP contribution in [0.5, 0.6) is 0 Å². The number of azide groups is 1. The molecule has 3 aromatic rings. The number of hydrogen-bond acceptors (Lipinski definition) is 8. The lowest BCUT2D eigenvalue weighted by Gasteiger charge is -2.33. The molecule has 3 aromatic carbocycles. The summed E-state index contributed by atoms with van der Waals surface area (Å²) < 4.78 is 10.1. The van der Waals surface area contributed by atoms with E-state index in [9.17, 15) is 14.4 Å². The van der Waals surface area contributed by atoms with Crippen molar-refractivity contribution in [2.45, 2.75) is 69.3 Å². The minimum atomic E-state index is -1.43. The Morgan fingerprint density at radius 2 is 1.49 bits per heavy atom. The van der Waals surface area contributed by atoms with Crippen molar-refractivity contribution in [2.24, 2.45) is 14.6 Å². The van der Waals surface area contributed by atoms with Crippen molar-refractivity contribution in [1.82, 2.24) is 16.0 Å². The van der Waals surface area contributed by atoms with E-state index in [-0.39, 0.29) is 6.42 Å². The van der Waals surface area contributed by atoms with Gasteiger partial charge in [-0.05, 0) is 42.1 Å². The zero-order valence-corrected chi connectivity index (χ0v) is 31.0. The van der Waals surface area contributed by atoms with E-state index >= 15 is 0 Å². The molecule has 2 aliphatic rings. The van der Waals surface area contributed by atoms with E-state index in [1.54, 1.807) is 19.3 Å². The Balaban J connectivity index is 1.55. The number of carbonyl (C=O) groups is 3. The van der Waals surface area contributed by atoms with Crippen molar-refractivity contribution in [3.63, 3.8) is 0 Å². The molecule has 5 rings (SSSR count).